The maximum Gasteiger partial charge on any atom is 0.282 e. The fourth-order valence-electron chi connectivity index (χ4n) is 3.40. The fraction of sp³-hybridized carbons (Fsp3) is 0.0909. The van der Waals surface area contributed by atoms with E-state index in [9.17, 15) is 18.0 Å². The molecule has 2 heterocycles. The quantitative estimate of drug-likeness (QED) is 0.576. The summed E-state index contributed by atoms with van der Waals surface area (Å²) in [7, 11) is -3.89. The fourth-order valence-corrected chi connectivity index (χ4v) is 4.69. The number of anilines is 2. The molecule has 4 rings (SSSR count). The van der Waals surface area contributed by atoms with E-state index in [2.05, 4.69) is 5.32 Å². The number of carbonyl (C=O) groups excluding carboxylic acids is 2. The van der Waals surface area contributed by atoms with Crippen LogP contribution >= 0.6 is 11.3 Å². The molecule has 2 aromatic carbocycles. The second kappa shape index (κ2) is 7.77. The van der Waals surface area contributed by atoms with E-state index in [0.717, 1.165) is 21.7 Å². The van der Waals surface area contributed by atoms with Gasteiger partial charge in [-0.3, -0.25) is 9.59 Å². The lowest BCUT2D eigenvalue weighted by Crippen LogP contribution is -2.32. The Bertz CT molecular complexity index is 1330. The highest BCUT2D eigenvalue weighted by atomic mass is 32.2. The van der Waals surface area contributed by atoms with E-state index >= 15 is 0 Å². The zero-order valence-electron chi connectivity index (χ0n) is 16.7. The molecule has 0 atom stereocenters. The summed E-state index contributed by atoms with van der Waals surface area (Å²) in [6.07, 6.45) is 0. The first-order valence-electron chi connectivity index (χ1n) is 9.31. The molecule has 1 aliphatic heterocycles. The summed E-state index contributed by atoms with van der Waals surface area (Å²) in [6.45, 7) is 3.90. The minimum atomic E-state index is -3.89. The average molecular weight is 454 g/mol. The van der Waals surface area contributed by atoms with Crippen molar-refractivity contribution in [3.05, 3.63) is 81.7 Å². The molecule has 0 unspecified atom stereocenters. The van der Waals surface area contributed by atoms with E-state index in [1.165, 1.54) is 35.6 Å². The molecule has 0 bridgehead atoms. The van der Waals surface area contributed by atoms with Crippen LogP contribution in [-0.4, -0.2) is 20.2 Å². The smallest absolute Gasteiger partial charge is 0.282 e. The number of nitrogens with one attached hydrogen (secondary N) is 1. The van der Waals surface area contributed by atoms with Crippen molar-refractivity contribution >= 4 is 50.1 Å². The monoisotopic (exact) mass is 453 g/mol. The third kappa shape index (κ3) is 3.90. The highest BCUT2D eigenvalue weighted by molar-refractivity contribution is 7.89. The Morgan fingerprint density at radius 2 is 1.68 bits per heavy atom. The highest BCUT2D eigenvalue weighted by Gasteiger charge is 2.40. The largest absolute Gasteiger partial charge is 0.350 e. The minimum Gasteiger partial charge on any atom is -0.350 e. The molecule has 2 amide bonds. The Kier molecular flexibility index (Phi) is 5.26. The van der Waals surface area contributed by atoms with Crippen LogP contribution in [0.2, 0.25) is 0 Å². The number of hydrogen-bond donors (Lipinski definition) is 2. The molecule has 3 aromatic rings. The third-order valence-electron chi connectivity index (χ3n) is 4.92. The van der Waals surface area contributed by atoms with Crippen LogP contribution in [0.5, 0.6) is 0 Å². The second-order valence-electron chi connectivity index (χ2n) is 7.16. The maximum absolute atomic E-state index is 13.3. The SMILES string of the molecule is Cc1ccc(NC2=C(c3cccs3)C(=O)N(c3ccc(S(N)(=O)=O)cc3)C2=O)c(C)c1. The molecule has 0 fully saturated rings. The molecule has 7 nitrogen and oxygen atoms in total. The van der Waals surface area contributed by atoms with Crippen LogP contribution in [0.4, 0.5) is 11.4 Å². The Balaban J connectivity index is 1.78. The molecule has 9 heteroatoms. The van der Waals surface area contributed by atoms with Crippen molar-refractivity contribution in [1.29, 1.82) is 0 Å². The number of nitrogens with zero attached hydrogens (tertiary/aromatic N) is 1. The summed E-state index contributed by atoms with van der Waals surface area (Å²) < 4.78 is 23.1. The van der Waals surface area contributed by atoms with Gasteiger partial charge in [-0.05, 0) is 61.2 Å². The molecule has 0 saturated heterocycles. The number of rotatable bonds is 5. The zero-order valence-corrected chi connectivity index (χ0v) is 18.4. The normalized spacial score (nSPS) is 14.5. The van der Waals surface area contributed by atoms with Crippen molar-refractivity contribution in [2.75, 3.05) is 10.2 Å². The van der Waals surface area contributed by atoms with Crippen molar-refractivity contribution in [3.8, 4) is 0 Å². The summed E-state index contributed by atoms with van der Waals surface area (Å²) in [5.74, 6) is -1.00. The number of thiophene rings is 1. The molecule has 158 valence electrons. The number of primary sulfonamides is 1. The number of sulfonamides is 1. The van der Waals surface area contributed by atoms with Gasteiger partial charge in [0.25, 0.3) is 11.8 Å². The number of amides is 2. The number of carbonyl (C=O) groups is 2. The number of benzene rings is 2. The molecule has 3 N–H and O–H groups in total. The van der Waals surface area contributed by atoms with Gasteiger partial charge >= 0.3 is 0 Å². The third-order valence-corrected chi connectivity index (χ3v) is 6.73. The minimum absolute atomic E-state index is 0.101. The predicted molar refractivity (Wildman–Crippen MR) is 121 cm³/mol. The van der Waals surface area contributed by atoms with E-state index in [1.807, 2.05) is 43.5 Å². The van der Waals surface area contributed by atoms with Gasteiger partial charge in [0, 0.05) is 10.6 Å². The van der Waals surface area contributed by atoms with Gasteiger partial charge in [0.2, 0.25) is 10.0 Å². The van der Waals surface area contributed by atoms with Gasteiger partial charge in [-0.15, -0.1) is 11.3 Å². The number of nitrogens with two attached hydrogens (primary N) is 1. The summed E-state index contributed by atoms with van der Waals surface area (Å²) >= 11 is 1.36. The van der Waals surface area contributed by atoms with Gasteiger partial charge in [0.1, 0.15) is 5.70 Å². The topological polar surface area (TPSA) is 110 Å². The van der Waals surface area contributed by atoms with Gasteiger partial charge in [-0.2, -0.15) is 0 Å². The van der Waals surface area contributed by atoms with Crippen LogP contribution in [0.1, 0.15) is 16.0 Å². The lowest BCUT2D eigenvalue weighted by Gasteiger charge is -2.16. The highest BCUT2D eigenvalue weighted by Crippen LogP contribution is 2.36. The van der Waals surface area contributed by atoms with Crippen molar-refractivity contribution in [3.63, 3.8) is 0 Å². The first kappa shape index (κ1) is 21.0. The Labute approximate surface area is 183 Å². The van der Waals surface area contributed by atoms with Gasteiger partial charge in [-0.1, -0.05) is 23.8 Å². The molecule has 0 aliphatic carbocycles. The van der Waals surface area contributed by atoms with Gasteiger partial charge in [-0.25, -0.2) is 18.5 Å². The van der Waals surface area contributed by atoms with Crippen LogP contribution in [0.3, 0.4) is 0 Å². The first-order chi connectivity index (χ1) is 14.7. The van der Waals surface area contributed by atoms with E-state index < -0.39 is 21.8 Å². The first-order valence-corrected chi connectivity index (χ1v) is 11.7. The van der Waals surface area contributed by atoms with E-state index in [4.69, 9.17) is 5.14 Å². The number of hydrogen-bond acceptors (Lipinski definition) is 6. The maximum atomic E-state index is 13.3. The predicted octanol–water partition coefficient (Wildman–Crippen LogP) is 3.41. The average Bonchev–Trinajstić information content (AvgIpc) is 3.30. The molecule has 0 spiro atoms. The van der Waals surface area contributed by atoms with Crippen LogP contribution in [0, 0.1) is 13.8 Å². The lowest BCUT2D eigenvalue weighted by atomic mass is 10.1. The van der Waals surface area contributed by atoms with Crippen LogP contribution < -0.4 is 15.4 Å². The Morgan fingerprint density at radius 3 is 2.26 bits per heavy atom. The molecule has 1 aliphatic rings. The molecule has 1 aromatic heterocycles. The molecule has 0 saturated carbocycles. The second-order valence-corrected chi connectivity index (χ2v) is 9.66. The van der Waals surface area contributed by atoms with Crippen molar-refractivity contribution < 1.29 is 18.0 Å². The van der Waals surface area contributed by atoms with E-state index in [0.29, 0.717) is 4.88 Å². The zero-order chi connectivity index (χ0) is 22.3. The van der Waals surface area contributed by atoms with Gasteiger partial charge < -0.3 is 5.32 Å². The molecular formula is C22H19N3O4S2. The molecule has 31 heavy (non-hydrogen) atoms. The molecular weight excluding hydrogens is 434 g/mol. The van der Waals surface area contributed by atoms with E-state index in [-0.39, 0.29) is 21.9 Å². The van der Waals surface area contributed by atoms with Crippen LogP contribution in [0.15, 0.2) is 70.6 Å². The van der Waals surface area contributed by atoms with Gasteiger partial charge in [0.15, 0.2) is 0 Å². The standard InChI is InChI=1S/C22H19N3O4S2/c1-13-5-10-17(14(2)12-13)24-20-19(18-4-3-11-30-18)21(26)25(22(20)27)15-6-8-16(9-7-15)31(23,28)29/h3-12,24H,1-2H3,(H2,23,28,29). The Hall–Kier alpha value is -3.27. The van der Waals surface area contributed by atoms with Crippen molar-refractivity contribution in [2.24, 2.45) is 5.14 Å². The summed E-state index contributed by atoms with van der Waals surface area (Å²) in [4.78, 5) is 28.2. The van der Waals surface area contributed by atoms with Crippen molar-refractivity contribution in [1.82, 2.24) is 0 Å². The van der Waals surface area contributed by atoms with Crippen molar-refractivity contribution in [2.45, 2.75) is 18.7 Å². The number of aryl methyl sites for hydroxylation is 2. The van der Waals surface area contributed by atoms with Gasteiger partial charge in [0.05, 0.1) is 16.2 Å². The summed E-state index contributed by atoms with van der Waals surface area (Å²) in [6, 6.07) is 14.7. The summed E-state index contributed by atoms with van der Waals surface area (Å²) in [5, 5.41) is 10.1. The lowest BCUT2D eigenvalue weighted by molar-refractivity contribution is -0.120. The summed E-state index contributed by atoms with van der Waals surface area (Å²) in [5.41, 5.74) is 3.46. The number of imide groups is 1. The van der Waals surface area contributed by atoms with Crippen LogP contribution in [0.25, 0.3) is 5.57 Å². The van der Waals surface area contributed by atoms with Crippen LogP contribution in [-0.2, 0) is 19.6 Å². The Morgan fingerprint density at radius 1 is 0.968 bits per heavy atom. The molecule has 0 radical (unpaired) electrons. The van der Waals surface area contributed by atoms with E-state index in [1.54, 1.807) is 6.07 Å².